The van der Waals surface area contributed by atoms with Gasteiger partial charge in [-0.25, -0.2) is 0 Å². The zero-order chi connectivity index (χ0) is 13.8. The normalized spacial score (nSPS) is 26.1. The summed E-state index contributed by atoms with van der Waals surface area (Å²) in [5, 5.41) is 3.71. The minimum atomic E-state index is 0.653. The van der Waals surface area contributed by atoms with Crippen LogP contribution in [-0.2, 0) is 6.54 Å². The molecule has 0 spiro atoms. The van der Waals surface area contributed by atoms with Gasteiger partial charge in [0.2, 0.25) is 0 Å². The van der Waals surface area contributed by atoms with Crippen molar-refractivity contribution in [1.82, 2.24) is 5.32 Å². The summed E-state index contributed by atoms with van der Waals surface area (Å²) >= 11 is 0. The highest BCUT2D eigenvalue weighted by Crippen LogP contribution is 2.33. The molecule has 1 fully saturated rings. The molecule has 0 saturated heterocycles. The summed E-state index contributed by atoms with van der Waals surface area (Å²) in [7, 11) is 0. The predicted molar refractivity (Wildman–Crippen MR) is 80.3 cm³/mol. The Bertz CT molecular complexity index is 447. The van der Waals surface area contributed by atoms with Gasteiger partial charge >= 0.3 is 0 Å². The Morgan fingerprint density at radius 2 is 2.00 bits per heavy atom. The van der Waals surface area contributed by atoms with Crippen molar-refractivity contribution < 1.29 is 9.47 Å². The van der Waals surface area contributed by atoms with E-state index < -0.39 is 0 Å². The second-order valence-electron chi connectivity index (χ2n) is 6.13. The molecular formula is C17H25NO2. The lowest BCUT2D eigenvalue weighted by atomic mass is 10.0. The van der Waals surface area contributed by atoms with Crippen LogP contribution in [0.25, 0.3) is 0 Å². The van der Waals surface area contributed by atoms with Crippen LogP contribution in [-0.4, -0.2) is 19.3 Å². The van der Waals surface area contributed by atoms with Crippen LogP contribution in [0.5, 0.6) is 11.5 Å². The number of benzene rings is 1. The quantitative estimate of drug-likeness (QED) is 0.856. The fraction of sp³-hybridized carbons (Fsp3) is 0.647. The molecule has 110 valence electrons. The van der Waals surface area contributed by atoms with Crippen molar-refractivity contribution in [2.75, 3.05) is 13.2 Å². The molecule has 1 N–H and O–H groups in total. The summed E-state index contributed by atoms with van der Waals surface area (Å²) in [6, 6.07) is 6.84. The molecule has 20 heavy (non-hydrogen) atoms. The molecule has 1 heterocycles. The van der Waals surface area contributed by atoms with Gasteiger partial charge in [-0.05, 0) is 31.2 Å². The molecule has 1 aliphatic carbocycles. The first-order valence-electron chi connectivity index (χ1n) is 7.94. The van der Waals surface area contributed by atoms with Gasteiger partial charge in [-0.3, -0.25) is 0 Å². The van der Waals surface area contributed by atoms with Gasteiger partial charge in [-0.1, -0.05) is 31.9 Å². The Kier molecular flexibility index (Phi) is 4.46. The standard InChI is InChI=1S/C17H25NO2/c1-13-4-2-6-15(9-8-13)18-12-14-5-3-7-16-17(14)20-11-10-19-16/h3,5,7,13,15,18H,2,4,6,8-12H2,1H3. The van der Waals surface area contributed by atoms with Crippen molar-refractivity contribution in [3.8, 4) is 11.5 Å². The minimum Gasteiger partial charge on any atom is -0.486 e. The third-order valence-electron chi connectivity index (χ3n) is 4.49. The van der Waals surface area contributed by atoms with Gasteiger partial charge in [-0.2, -0.15) is 0 Å². The maximum absolute atomic E-state index is 5.77. The average molecular weight is 275 g/mol. The molecule has 1 saturated carbocycles. The van der Waals surface area contributed by atoms with E-state index in [-0.39, 0.29) is 0 Å². The van der Waals surface area contributed by atoms with Gasteiger partial charge < -0.3 is 14.8 Å². The number of fused-ring (bicyclic) bond motifs is 1. The van der Waals surface area contributed by atoms with Gasteiger partial charge in [0.15, 0.2) is 11.5 Å². The molecule has 0 amide bonds. The molecule has 1 aromatic rings. The smallest absolute Gasteiger partial charge is 0.165 e. The fourth-order valence-corrected chi connectivity index (χ4v) is 3.22. The SMILES string of the molecule is CC1CCCC(NCc2cccc3c2OCCO3)CC1. The third-order valence-corrected chi connectivity index (χ3v) is 4.49. The highest BCUT2D eigenvalue weighted by molar-refractivity contribution is 5.47. The van der Waals surface area contributed by atoms with E-state index in [1.54, 1.807) is 0 Å². The molecule has 3 rings (SSSR count). The van der Waals surface area contributed by atoms with Gasteiger partial charge in [-0.15, -0.1) is 0 Å². The van der Waals surface area contributed by atoms with Crippen LogP contribution in [0.15, 0.2) is 18.2 Å². The maximum atomic E-state index is 5.77. The summed E-state index contributed by atoms with van der Waals surface area (Å²) < 4.78 is 11.4. The van der Waals surface area contributed by atoms with E-state index in [2.05, 4.69) is 24.4 Å². The first kappa shape index (κ1) is 13.7. The van der Waals surface area contributed by atoms with E-state index in [1.807, 2.05) is 6.07 Å². The molecule has 0 aromatic heterocycles. The molecule has 0 bridgehead atoms. The number of hydrogen-bond acceptors (Lipinski definition) is 3. The zero-order valence-corrected chi connectivity index (χ0v) is 12.4. The monoisotopic (exact) mass is 275 g/mol. The number of rotatable bonds is 3. The van der Waals surface area contributed by atoms with E-state index in [0.29, 0.717) is 19.3 Å². The first-order valence-corrected chi connectivity index (χ1v) is 7.94. The number of ether oxygens (including phenoxy) is 2. The van der Waals surface area contributed by atoms with Crippen molar-refractivity contribution in [1.29, 1.82) is 0 Å². The number of nitrogens with one attached hydrogen (secondary N) is 1. The largest absolute Gasteiger partial charge is 0.486 e. The van der Waals surface area contributed by atoms with Crippen LogP contribution in [0.1, 0.15) is 44.6 Å². The van der Waals surface area contributed by atoms with E-state index in [1.165, 1.54) is 37.7 Å². The minimum absolute atomic E-state index is 0.653. The molecular weight excluding hydrogens is 250 g/mol. The first-order chi connectivity index (χ1) is 9.83. The lowest BCUT2D eigenvalue weighted by Crippen LogP contribution is -2.28. The topological polar surface area (TPSA) is 30.5 Å². The number of hydrogen-bond donors (Lipinski definition) is 1. The van der Waals surface area contributed by atoms with Crippen molar-refractivity contribution >= 4 is 0 Å². The zero-order valence-electron chi connectivity index (χ0n) is 12.4. The average Bonchev–Trinajstić information content (AvgIpc) is 2.70. The summed E-state index contributed by atoms with van der Waals surface area (Å²) in [5.74, 6) is 2.72. The highest BCUT2D eigenvalue weighted by atomic mass is 16.6. The van der Waals surface area contributed by atoms with Crippen LogP contribution in [0.4, 0.5) is 0 Å². The Morgan fingerprint density at radius 1 is 1.10 bits per heavy atom. The van der Waals surface area contributed by atoms with Crippen LogP contribution >= 0.6 is 0 Å². The molecule has 2 atom stereocenters. The lowest BCUT2D eigenvalue weighted by Gasteiger charge is -2.22. The molecule has 0 radical (unpaired) electrons. The van der Waals surface area contributed by atoms with Crippen LogP contribution in [0.3, 0.4) is 0 Å². The molecule has 3 heteroatoms. The Balaban J connectivity index is 1.61. The van der Waals surface area contributed by atoms with E-state index in [0.717, 1.165) is 24.0 Å². The van der Waals surface area contributed by atoms with E-state index in [4.69, 9.17) is 9.47 Å². The Hall–Kier alpha value is -1.22. The molecule has 3 nitrogen and oxygen atoms in total. The Morgan fingerprint density at radius 3 is 2.95 bits per heavy atom. The van der Waals surface area contributed by atoms with E-state index >= 15 is 0 Å². The molecule has 1 aliphatic heterocycles. The third kappa shape index (κ3) is 3.26. The summed E-state index contributed by atoms with van der Waals surface area (Å²) in [5.41, 5.74) is 1.22. The van der Waals surface area contributed by atoms with Crippen LogP contribution in [0, 0.1) is 5.92 Å². The molecule has 2 aliphatic rings. The predicted octanol–water partition coefficient (Wildman–Crippen LogP) is 3.52. The fourth-order valence-electron chi connectivity index (χ4n) is 3.22. The number of para-hydroxylation sites is 1. The summed E-state index contributed by atoms with van der Waals surface area (Å²) in [6.45, 7) is 4.57. The van der Waals surface area contributed by atoms with Crippen molar-refractivity contribution in [2.45, 2.75) is 51.6 Å². The van der Waals surface area contributed by atoms with Crippen LogP contribution < -0.4 is 14.8 Å². The second-order valence-corrected chi connectivity index (χ2v) is 6.13. The highest BCUT2D eigenvalue weighted by Gasteiger charge is 2.18. The van der Waals surface area contributed by atoms with Gasteiger partial charge in [0.1, 0.15) is 13.2 Å². The molecule has 2 unspecified atom stereocenters. The maximum Gasteiger partial charge on any atom is 0.165 e. The van der Waals surface area contributed by atoms with E-state index in [9.17, 15) is 0 Å². The van der Waals surface area contributed by atoms with Crippen molar-refractivity contribution in [2.24, 2.45) is 5.92 Å². The Labute approximate surface area is 121 Å². The second kappa shape index (κ2) is 6.49. The van der Waals surface area contributed by atoms with Crippen molar-refractivity contribution in [3.05, 3.63) is 23.8 Å². The van der Waals surface area contributed by atoms with Crippen LogP contribution in [0.2, 0.25) is 0 Å². The lowest BCUT2D eigenvalue weighted by molar-refractivity contribution is 0.169. The summed E-state index contributed by atoms with van der Waals surface area (Å²) in [4.78, 5) is 0. The van der Waals surface area contributed by atoms with Crippen molar-refractivity contribution in [3.63, 3.8) is 0 Å². The van der Waals surface area contributed by atoms with Gasteiger partial charge in [0.05, 0.1) is 0 Å². The summed E-state index contributed by atoms with van der Waals surface area (Å²) in [6.07, 6.45) is 6.69. The van der Waals surface area contributed by atoms with Gasteiger partial charge in [0.25, 0.3) is 0 Å². The van der Waals surface area contributed by atoms with Gasteiger partial charge in [0, 0.05) is 18.2 Å². The molecule has 1 aromatic carbocycles.